The first kappa shape index (κ1) is 13.2. The van der Waals surface area contributed by atoms with E-state index in [1.165, 1.54) is 0 Å². The molecule has 1 aromatic carbocycles. The van der Waals surface area contributed by atoms with Gasteiger partial charge in [-0.15, -0.1) is 0 Å². The first-order chi connectivity index (χ1) is 8.60. The normalized spacial score (nSPS) is 22.3. The van der Waals surface area contributed by atoms with Crippen molar-refractivity contribution < 1.29 is 14.6 Å². The van der Waals surface area contributed by atoms with E-state index in [0.717, 1.165) is 18.5 Å². The Morgan fingerprint density at radius 1 is 1.56 bits per heavy atom. The summed E-state index contributed by atoms with van der Waals surface area (Å²) < 4.78 is 5.23. The molecule has 0 bridgehead atoms. The number of nitrogens with zero attached hydrogens (tertiary/aromatic N) is 1. The average molecular weight is 270 g/mol. The van der Waals surface area contributed by atoms with Crippen molar-refractivity contribution in [3.8, 4) is 0 Å². The molecule has 0 aliphatic heterocycles. The molecule has 0 saturated heterocycles. The minimum Gasteiger partial charge on any atom is -0.480 e. The Hall–Kier alpha value is -1.26. The number of methoxy groups -OCH3 is 1. The van der Waals surface area contributed by atoms with Crippen LogP contribution in [0.15, 0.2) is 24.3 Å². The van der Waals surface area contributed by atoms with Crippen LogP contribution in [0.2, 0.25) is 5.02 Å². The second kappa shape index (κ2) is 5.59. The van der Waals surface area contributed by atoms with E-state index in [9.17, 15) is 4.79 Å². The zero-order valence-corrected chi connectivity index (χ0v) is 10.9. The third-order valence-corrected chi connectivity index (χ3v) is 3.52. The quantitative estimate of drug-likeness (QED) is 0.892. The number of halogens is 1. The molecule has 0 aromatic heterocycles. The maximum atomic E-state index is 11.0. The van der Waals surface area contributed by atoms with Gasteiger partial charge in [0.15, 0.2) is 0 Å². The zero-order valence-electron chi connectivity index (χ0n) is 10.2. The number of benzene rings is 1. The number of ether oxygens (including phenoxy) is 1. The van der Waals surface area contributed by atoms with E-state index in [0.29, 0.717) is 5.02 Å². The summed E-state index contributed by atoms with van der Waals surface area (Å²) in [5.74, 6) is -0.837. The van der Waals surface area contributed by atoms with Crippen LogP contribution in [-0.2, 0) is 9.53 Å². The highest BCUT2D eigenvalue weighted by Gasteiger charge is 2.34. The topological polar surface area (TPSA) is 49.8 Å². The standard InChI is InChI=1S/C13H16ClNO3/c1-18-12-6-11(7-12)15(8-13(16)17)10-4-2-3-9(14)5-10/h2-5,11-12H,6-8H2,1H3,(H,16,17). The number of anilines is 1. The van der Waals surface area contributed by atoms with Crippen LogP contribution in [0.1, 0.15) is 12.8 Å². The van der Waals surface area contributed by atoms with Gasteiger partial charge in [0.05, 0.1) is 6.10 Å². The lowest BCUT2D eigenvalue weighted by Crippen LogP contribution is -2.49. The number of hydrogen-bond donors (Lipinski definition) is 1. The van der Waals surface area contributed by atoms with Gasteiger partial charge in [0, 0.05) is 23.9 Å². The summed E-state index contributed by atoms with van der Waals surface area (Å²) >= 11 is 5.95. The van der Waals surface area contributed by atoms with E-state index in [1.807, 2.05) is 17.0 Å². The third kappa shape index (κ3) is 2.94. The Bertz CT molecular complexity index is 432. The van der Waals surface area contributed by atoms with Crippen molar-refractivity contribution in [3.63, 3.8) is 0 Å². The van der Waals surface area contributed by atoms with E-state index in [2.05, 4.69) is 0 Å². The van der Waals surface area contributed by atoms with Gasteiger partial charge in [0.25, 0.3) is 0 Å². The van der Waals surface area contributed by atoms with Gasteiger partial charge in [-0.2, -0.15) is 0 Å². The van der Waals surface area contributed by atoms with Crippen LogP contribution < -0.4 is 4.90 Å². The highest BCUT2D eigenvalue weighted by atomic mass is 35.5. The first-order valence-electron chi connectivity index (χ1n) is 5.87. The van der Waals surface area contributed by atoms with Crippen molar-refractivity contribution in [2.45, 2.75) is 25.0 Å². The molecule has 0 spiro atoms. The number of rotatable bonds is 5. The zero-order chi connectivity index (χ0) is 13.1. The first-order valence-corrected chi connectivity index (χ1v) is 6.24. The second-order valence-electron chi connectivity index (χ2n) is 4.48. The molecule has 0 atom stereocenters. The minimum absolute atomic E-state index is 0.0125. The molecule has 18 heavy (non-hydrogen) atoms. The van der Waals surface area contributed by atoms with Gasteiger partial charge < -0.3 is 14.7 Å². The van der Waals surface area contributed by atoms with Crippen molar-refractivity contribution >= 4 is 23.3 Å². The number of aliphatic carboxylic acids is 1. The summed E-state index contributed by atoms with van der Waals surface area (Å²) in [4.78, 5) is 12.8. The van der Waals surface area contributed by atoms with Crippen molar-refractivity contribution in [2.24, 2.45) is 0 Å². The number of carboxylic acid groups (broad SMARTS) is 1. The molecule has 0 amide bonds. The molecule has 1 aromatic rings. The van der Waals surface area contributed by atoms with E-state index in [1.54, 1.807) is 19.2 Å². The highest BCUT2D eigenvalue weighted by Crippen LogP contribution is 2.32. The molecule has 1 aliphatic rings. The van der Waals surface area contributed by atoms with Crippen LogP contribution in [0.5, 0.6) is 0 Å². The molecule has 0 heterocycles. The van der Waals surface area contributed by atoms with Gasteiger partial charge in [0.1, 0.15) is 6.54 Å². The van der Waals surface area contributed by atoms with E-state index in [4.69, 9.17) is 21.4 Å². The Balaban J connectivity index is 2.13. The predicted molar refractivity (Wildman–Crippen MR) is 70.3 cm³/mol. The van der Waals surface area contributed by atoms with Crippen LogP contribution in [0.3, 0.4) is 0 Å². The van der Waals surface area contributed by atoms with Crippen molar-refractivity contribution in [1.82, 2.24) is 0 Å². The fraction of sp³-hybridized carbons (Fsp3) is 0.462. The molecule has 1 aliphatic carbocycles. The molecular weight excluding hydrogens is 254 g/mol. The largest absolute Gasteiger partial charge is 0.480 e. The molecule has 0 radical (unpaired) electrons. The molecule has 1 saturated carbocycles. The van der Waals surface area contributed by atoms with Crippen molar-refractivity contribution in [1.29, 1.82) is 0 Å². The summed E-state index contributed by atoms with van der Waals surface area (Å²) in [7, 11) is 1.68. The molecule has 1 fully saturated rings. The summed E-state index contributed by atoms with van der Waals surface area (Å²) in [5, 5.41) is 9.62. The fourth-order valence-electron chi connectivity index (χ4n) is 2.22. The van der Waals surface area contributed by atoms with Crippen LogP contribution in [0.4, 0.5) is 5.69 Å². The summed E-state index contributed by atoms with van der Waals surface area (Å²) in [6.07, 6.45) is 1.96. The molecule has 0 unspecified atom stereocenters. The van der Waals surface area contributed by atoms with Crippen LogP contribution in [0, 0.1) is 0 Å². The molecule has 4 nitrogen and oxygen atoms in total. The lowest BCUT2D eigenvalue weighted by atomic mass is 9.87. The lowest BCUT2D eigenvalue weighted by Gasteiger charge is -2.42. The maximum absolute atomic E-state index is 11.0. The number of carbonyl (C=O) groups is 1. The number of hydrogen-bond acceptors (Lipinski definition) is 3. The minimum atomic E-state index is -0.837. The SMILES string of the molecule is COC1CC(N(CC(=O)O)c2cccc(Cl)c2)C1. The molecule has 98 valence electrons. The highest BCUT2D eigenvalue weighted by molar-refractivity contribution is 6.30. The van der Waals surface area contributed by atoms with Crippen LogP contribution in [0.25, 0.3) is 0 Å². The maximum Gasteiger partial charge on any atom is 0.323 e. The van der Waals surface area contributed by atoms with Gasteiger partial charge in [-0.1, -0.05) is 17.7 Å². The van der Waals surface area contributed by atoms with Gasteiger partial charge >= 0.3 is 5.97 Å². The Kier molecular flexibility index (Phi) is 4.09. The molecule has 1 N–H and O–H groups in total. The second-order valence-corrected chi connectivity index (χ2v) is 4.92. The Morgan fingerprint density at radius 3 is 2.83 bits per heavy atom. The van der Waals surface area contributed by atoms with E-state index in [-0.39, 0.29) is 18.7 Å². The Morgan fingerprint density at radius 2 is 2.28 bits per heavy atom. The smallest absolute Gasteiger partial charge is 0.323 e. The van der Waals surface area contributed by atoms with Crippen molar-refractivity contribution in [3.05, 3.63) is 29.3 Å². The molecular formula is C13H16ClNO3. The van der Waals surface area contributed by atoms with E-state index < -0.39 is 5.97 Å². The molecule has 5 heteroatoms. The van der Waals surface area contributed by atoms with Gasteiger partial charge in [0.2, 0.25) is 0 Å². The number of carboxylic acids is 1. The Labute approximate surface area is 111 Å². The van der Waals surface area contributed by atoms with Crippen LogP contribution >= 0.6 is 11.6 Å². The van der Waals surface area contributed by atoms with E-state index >= 15 is 0 Å². The summed E-state index contributed by atoms with van der Waals surface area (Å²) in [5.41, 5.74) is 0.851. The monoisotopic (exact) mass is 269 g/mol. The fourth-order valence-corrected chi connectivity index (χ4v) is 2.40. The van der Waals surface area contributed by atoms with Gasteiger partial charge in [-0.05, 0) is 31.0 Å². The predicted octanol–water partition coefficient (Wildman–Crippen LogP) is 2.41. The third-order valence-electron chi connectivity index (χ3n) is 3.29. The van der Waals surface area contributed by atoms with Crippen molar-refractivity contribution in [2.75, 3.05) is 18.6 Å². The average Bonchev–Trinajstić information content (AvgIpc) is 2.25. The van der Waals surface area contributed by atoms with Gasteiger partial charge in [-0.25, -0.2) is 0 Å². The van der Waals surface area contributed by atoms with Gasteiger partial charge in [-0.3, -0.25) is 4.79 Å². The lowest BCUT2D eigenvalue weighted by molar-refractivity contribution is -0.135. The van der Waals surface area contributed by atoms with Crippen LogP contribution in [-0.4, -0.2) is 36.9 Å². The summed E-state index contributed by atoms with van der Waals surface area (Å²) in [6.45, 7) is -0.0125. The molecule has 2 rings (SSSR count). The summed E-state index contributed by atoms with van der Waals surface area (Å²) in [6, 6.07) is 7.51.